The van der Waals surface area contributed by atoms with E-state index >= 15 is 0 Å². The second-order valence-corrected chi connectivity index (χ2v) is 3.28. The molecule has 0 aromatic rings. The molecule has 0 aromatic carbocycles. The summed E-state index contributed by atoms with van der Waals surface area (Å²) in [6, 6.07) is 0. The number of primary amides is 1. The van der Waals surface area contributed by atoms with Crippen LogP contribution in [0.2, 0.25) is 0 Å². The Morgan fingerprint density at radius 3 is 2.56 bits per heavy atom. The minimum absolute atomic E-state index is 0.132. The Hall–Kier alpha value is -1.84. The van der Waals surface area contributed by atoms with Gasteiger partial charge in [-0.1, -0.05) is 32.2 Å². The largest absolute Gasteiger partial charge is 0.364 e. The predicted octanol–water partition coefficient (Wildman–Crippen LogP) is 1.52. The summed E-state index contributed by atoms with van der Waals surface area (Å²) in [5.74, 6) is 0.0328. The van der Waals surface area contributed by atoms with Gasteiger partial charge in [-0.05, 0) is 12.0 Å². The lowest BCUT2D eigenvalue weighted by atomic mass is 10.1. The number of amides is 1. The molecular formula is C12H19N3O. The van der Waals surface area contributed by atoms with Crippen LogP contribution in [0.5, 0.6) is 0 Å². The van der Waals surface area contributed by atoms with E-state index in [9.17, 15) is 4.79 Å². The average molecular weight is 221 g/mol. The normalized spacial score (nSPS) is 11.5. The molecule has 0 saturated heterocycles. The third-order valence-corrected chi connectivity index (χ3v) is 1.85. The third kappa shape index (κ3) is 5.80. The van der Waals surface area contributed by atoms with Gasteiger partial charge < -0.3 is 11.1 Å². The Labute approximate surface area is 96.6 Å². The molecule has 0 unspecified atom stereocenters. The first kappa shape index (κ1) is 14.2. The van der Waals surface area contributed by atoms with Crippen LogP contribution in [0, 0.1) is 0 Å². The zero-order chi connectivity index (χ0) is 12.6. The van der Waals surface area contributed by atoms with Crippen LogP contribution < -0.4 is 11.1 Å². The van der Waals surface area contributed by atoms with Crippen molar-refractivity contribution in [1.29, 1.82) is 0 Å². The molecule has 88 valence electrons. The summed E-state index contributed by atoms with van der Waals surface area (Å²) in [4.78, 5) is 14.8. The quantitative estimate of drug-likeness (QED) is 0.309. The zero-order valence-electron chi connectivity index (χ0n) is 9.92. The van der Waals surface area contributed by atoms with Crippen molar-refractivity contribution in [3.8, 4) is 0 Å². The number of hydrogen-bond donors (Lipinski definition) is 2. The Balaban J connectivity index is 4.33. The number of amidine groups is 1. The second-order valence-electron chi connectivity index (χ2n) is 3.28. The molecule has 0 radical (unpaired) electrons. The number of allylic oxidation sites excluding steroid dienone is 2. The van der Waals surface area contributed by atoms with Crippen molar-refractivity contribution >= 4 is 11.7 Å². The summed E-state index contributed by atoms with van der Waals surface area (Å²) >= 11 is 0. The number of rotatable bonds is 6. The van der Waals surface area contributed by atoms with E-state index in [0.29, 0.717) is 12.3 Å². The first-order chi connectivity index (χ1) is 7.51. The van der Waals surface area contributed by atoms with Crippen LogP contribution in [0.25, 0.3) is 0 Å². The van der Waals surface area contributed by atoms with E-state index in [1.807, 2.05) is 19.1 Å². The number of aliphatic imine (C=N–C) groups is 1. The highest BCUT2D eigenvalue weighted by atomic mass is 16.1. The van der Waals surface area contributed by atoms with Crippen LogP contribution in [0.15, 0.2) is 41.6 Å². The van der Waals surface area contributed by atoms with E-state index < -0.39 is 5.91 Å². The summed E-state index contributed by atoms with van der Waals surface area (Å²) in [6.07, 6.45) is 5.44. The molecule has 16 heavy (non-hydrogen) atoms. The highest BCUT2D eigenvalue weighted by Gasteiger charge is 2.05. The Morgan fingerprint density at radius 1 is 1.50 bits per heavy atom. The van der Waals surface area contributed by atoms with Crippen molar-refractivity contribution in [2.75, 3.05) is 7.05 Å². The van der Waals surface area contributed by atoms with Gasteiger partial charge in [-0.25, -0.2) is 0 Å². The van der Waals surface area contributed by atoms with Crippen LogP contribution in [-0.2, 0) is 4.79 Å². The minimum atomic E-state index is -0.587. The fourth-order valence-corrected chi connectivity index (χ4v) is 0.973. The number of carbonyl (C=O) groups is 1. The molecule has 0 heterocycles. The summed E-state index contributed by atoms with van der Waals surface area (Å²) < 4.78 is 0. The third-order valence-electron chi connectivity index (χ3n) is 1.85. The monoisotopic (exact) mass is 221 g/mol. The fraction of sp³-hybridized carbons (Fsp3) is 0.333. The summed E-state index contributed by atoms with van der Waals surface area (Å²) in [5.41, 5.74) is 6.10. The number of carbonyl (C=O) groups excluding carboxylic acids is 1. The van der Waals surface area contributed by atoms with Crippen molar-refractivity contribution in [2.24, 2.45) is 10.7 Å². The average Bonchev–Trinajstić information content (AvgIpc) is 2.24. The van der Waals surface area contributed by atoms with E-state index in [1.54, 1.807) is 7.05 Å². The van der Waals surface area contributed by atoms with Gasteiger partial charge in [0.15, 0.2) is 0 Å². The summed E-state index contributed by atoms with van der Waals surface area (Å²) in [6.45, 7) is 9.42. The fourth-order valence-electron chi connectivity index (χ4n) is 0.973. The Morgan fingerprint density at radius 2 is 2.12 bits per heavy atom. The van der Waals surface area contributed by atoms with Crippen LogP contribution in [0.4, 0.5) is 0 Å². The maximum Gasteiger partial charge on any atom is 0.264 e. The number of nitrogens with zero attached hydrogens (tertiary/aromatic N) is 1. The molecule has 0 saturated carbocycles. The lowest BCUT2D eigenvalue weighted by Gasteiger charge is -2.09. The number of nitrogens with two attached hydrogens (primary N) is 1. The molecular weight excluding hydrogens is 202 g/mol. The van der Waals surface area contributed by atoms with E-state index in [2.05, 4.69) is 23.5 Å². The van der Waals surface area contributed by atoms with Gasteiger partial charge in [-0.15, -0.1) is 0 Å². The van der Waals surface area contributed by atoms with Gasteiger partial charge in [-0.2, -0.15) is 0 Å². The standard InChI is InChI=1S/C12H19N3O/c1-5-6-7-9(2)8-11(14-4)15-10(3)12(13)16/h6-7H,2-3,5,8H2,1,4H3,(H2,13,16)(H,14,15)/b7-6-. The van der Waals surface area contributed by atoms with E-state index in [1.165, 1.54) is 0 Å². The highest BCUT2D eigenvalue weighted by Crippen LogP contribution is 2.02. The van der Waals surface area contributed by atoms with Gasteiger partial charge in [-0.3, -0.25) is 9.79 Å². The smallest absolute Gasteiger partial charge is 0.264 e. The van der Waals surface area contributed by atoms with Gasteiger partial charge >= 0.3 is 0 Å². The Kier molecular flexibility index (Phi) is 6.59. The molecule has 0 aliphatic rings. The molecule has 0 aromatic heterocycles. The first-order valence-corrected chi connectivity index (χ1v) is 5.07. The number of hydrogen-bond acceptors (Lipinski definition) is 2. The van der Waals surface area contributed by atoms with Gasteiger partial charge in [0.2, 0.25) is 0 Å². The van der Waals surface area contributed by atoms with Crippen LogP contribution in [0.3, 0.4) is 0 Å². The number of nitrogens with one attached hydrogen (secondary N) is 1. The summed E-state index contributed by atoms with van der Waals surface area (Å²) in [5, 5.41) is 2.76. The molecule has 0 bridgehead atoms. The molecule has 1 amide bonds. The molecule has 4 heteroatoms. The lowest BCUT2D eigenvalue weighted by Crippen LogP contribution is -2.30. The maximum atomic E-state index is 10.8. The van der Waals surface area contributed by atoms with E-state index in [4.69, 9.17) is 5.73 Å². The van der Waals surface area contributed by atoms with Crippen molar-refractivity contribution in [1.82, 2.24) is 5.32 Å². The highest BCUT2D eigenvalue weighted by molar-refractivity contribution is 5.97. The summed E-state index contributed by atoms with van der Waals surface area (Å²) in [7, 11) is 1.63. The van der Waals surface area contributed by atoms with Crippen molar-refractivity contribution in [2.45, 2.75) is 19.8 Å². The predicted molar refractivity (Wildman–Crippen MR) is 68.0 cm³/mol. The van der Waals surface area contributed by atoms with E-state index in [0.717, 1.165) is 12.0 Å². The molecule has 0 aliphatic carbocycles. The maximum absolute atomic E-state index is 10.8. The van der Waals surface area contributed by atoms with Crippen molar-refractivity contribution < 1.29 is 4.79 Å². The topological polar surface area (TPSA) is 67.5 Å². The molecule has 3 N–H and O–H groups in total. The van der Waals surface area contributed by atoms with Gasteiger partial charge in [0.25, 0.3) is 5.91 Å². The zero-order valence-corrected chi connectivity index (χ0v) is 9.92. The molecule has 4 nitrogen and oxygen atoms in total. The lowest BCUT2D eigenvalue weighted by molar-refractivity contribution is -0.114. The molecule has 0 atom stereocenters. The van der Waals surface area contributed by atoms with Gasteiger partial charge in [0, 0.05) is 13.5 Å². The van der Waals surface area contributed by atoms with E-state index in [-0.39, 0.29) is 5.70 Å². The molecule has 0 rings (SSSR count). The molecule has 0 fully saturated rings. The van der Waals surface area contributed by atoms with Gasteiger partial charge in [0.05, 0.1) is 5.70 Å². The SMILES string of the molecule is C=C(/C=C\CC)C/C(=N/C)NC(=C)C(N)=O. The van der Waals surface area contributed by atoms with Crippen molar-refractivity contribution in [3.05, 3.63) is 36.6 Å². The minimum Gasteiger partial charge on any atom is -0.364 e. The first-order valence-electron chi connectivity index (χ1n) is 5.07. The molecule has 0 spiro atoms. The Bertz CT molecular complexity index is 340. The van der Waals surface area contributed by atoms with Crippen molar-refractivity contribution in [3.63, 3.8) is 0 Å². The molecule has 0 aliphatic heterocycles. The van der Waals surface area contributed by atoms with Crippen LogP contribution in [-0.4, -0.2) is 18.8 Å². The van der Waals surface area contributed by atoms with Crippen LogP contribution >= 0.6 is 0 Å². The van der Waals surface area contributed by atoms with Crippen LogP contribution in [0.1, 0.15) is 19.8 Å². The van der Waals surface area contributed by atoms with Gasteiger partial charge in [0.1, 0.15) is 5.84 Å². The second kappa shape index (κ2) is 7.45.